The normalized spacial score (nSPS) is 16.7. The largest absolute Gasteiger partial charge is 0.459 e. The van der Waals surface area contributed by atoms with E-state index in [-0.39, 0.29) is 12.1 Å². The van der Waals surface area contributed by atoms with E-state index < -0.39 is 0 Å². The molecule has 1 aliphatic heterocycles. The second-order valence-electron chi connectivity index (χ2n) is 6.13. The number of rotatable bonds is 10. The molecule has 1 fully saturated rings. The van der Waals surface area contributed by atoms with E-state index in [9.17, 15) is 4.79 Å². The number of nitrogens with zero attached hydrogens (tertiary/aromatic N) is 1. The molecule has 0 radical (unpaired) electrons. The van der Waals surface area contributed by atoms with Gasteiger partial charge in [0.1, 0.15) is 6.10 Å². The zero-order valence-electron chi connectivity index (χ0n) is 14.6. The molecule has 2 rings (SSSR count). The Morgan fingerprint density at radius 1 is 1.25 bits per heavy atom. The molecule has 24 heavy (non-hydrogen) atoms. The van der Waals surface area contributed by atoms with Gasteiger partial charge in [0.25, 0.3) is 0 Å². The third kappa shape index (κ3) is 7.43. The zero-order chi connectivity index (χ0) is 17.0. The Labute approximate surface area is 144 Å². The molecule has 0 aromatic heterocycles. The number of benzene rings is 1. The van der Waals surface area contributed by atoms with Crippen LogP contribution in [0.5, 0.6) is 0 Å². The van der Waals surface area contributed by atoms with E-state index >= 15 is 0 Å². The van der Waals surface area contributed by atoms with Crippen LogP contribution in [0.15, 0.2) is 30.3 Å². The lowest BCUT2D eigenvalue weighted by Crippen LogP contribution is -2.43. The lowest BCUT2D eigenvalue weighted by atomic mass is 10.2. The number of unbranched alkanes of at least 4 members (excludes halogenated alkanes) is 1. The van der Waals surface area contributed by atoms with E-state index in [4.69, 9.17) is 14.2 Å². The second kappa shape index (κ2) is 11.2. The first-order valence-corrected chi connectivity index (χ1v) is 8.89. The number of hydrogen-bond acceptors (Lipinski definition) is 5. The number of esters is 1. The van der Waals surface area contributed by atoms with Crippen LogP contribution >= 0.6 is 0 Å². The van der Waals surface area contributed by atoms with E-state index in [1.54, 1.807) is 0 Å². The molecule has 1 unspecified atom stereocenters. The van der Waals surface area contributed by atoms with Crippen molar-refractivity contribution in [2.24, 2.45) is 0 Å². The summed E-state index contributed by atoms with van der Waals surface area (Å²) in [6.45, 7) is 6.96. The molecular formula is C19H29NO4. The maximum Gasteiger partial charge on any atom is 0.306 e. The van der Waals surface area contributed by atoms with Crippen molar-refractivity contribution in [1.29, 1.82) is 0 Å². The molecule has 1 aromatic rings. The standard InChI is InChI=1S/C19H29NO4/c1-2-3-9-19(21)24-18(14-20-10-12-22-13-11-20)16-23-15-17-7-5-4-6-8-17/h4-8,18H,2-3,9-16H2,1H3. The first-order valence-electron chi connectivity index (χ1n) is 8.89. The fourth-order valence-corrected chi connectivity index (χ4v) is 2.64. The van der Waals surface area contributed by atoms with Crippen molar-refractivity contribution >= 4 is 5.97 Å². The summed E-state index contributed by atoms with van der Waals surface area (Å²) >= 11 is 0. The summed E-state index contributed by atoms with van der Waals surface area (Å²) in [5, 5.41) is 0. The minimum atomic E-state index is -0.226. The van der Waals surface area contributed by atoms with Crippen molar-refractivity contribution < 1.29 is 19.0 Å². The highest BCUT2D eigenvalue weighted by molar-refractivity contribution is 5.69. The molecule has 0 spiro atoms. The Morgan fingerprint density at radius 2 is 2.00 bits per heavy atom. The van der Waals surface area contributed by atoms with E-state index in [2.05, 4.69) is 11.8 Å². The van der Waals surface area contributed by atoms with Crippen molar-refractivity contribution in [2.75, 3.05) is 39.5 Å². The van der Waals surface area contributed by atoms with Gasteiger partial charge in [0.05, 0.1) is 26.4 Å². The average Bonchev–Trinajstić information content (AvgIpc) is 2.61. The van der Waals surface area contributed by atoms with Gasteiger partial charge in [-0.3, -0.25) is 9.69 Å². The highest BCUT2D eigenvalue weighted by Gasteiger charge is 2.20. The van der Waals surface area contributed by atoms with Crippen LogP contribution in [0.1, 0.15) is 31.7 Å². The molecule has 0 bridgehead atoms. The molecule has 5 heteroatoms. The summed E-state index contributed by atoms with van der Waals surface area (Å²) in [5.74, 6) is -0.126. The number of ether oxygens (including phenoxy) is 3. The van der Waals surface area contributed by atoms with Gasteiger partial charge < -0.3 is 14.2 Å². The third-order valence-corrected chi connectivity index (χ3v) is 4.01. The molecule has 0 aliphatic carbocycles. The Morgan fingerprint density at radius 3 is 2.71 bits per heavy atom. The Bertz CT molecular complexity index is 460. The SMILES string of the molecule is CCCCC(=O)OC(COCc1ccccc1)CN1CCOCC1. The van der Waals surface area contributed by atoms with Gasteiger partial charge in [-0.15, -0.1) is 0 Å². The summed E-state index contributed by atoms with van der Waals surface area (Å²) in [7, 11) is 0. The predicted molar refractivity (Wildman–Crippen MR) is 92.8 cm³/mol. The maximum atomic E-state index is 12.0. The quantitative estimate of drug-likeness (QED) is 0.615. The van der Waals surface area contributed by atoms with Crippen molar-refractivity contribution in [3.63, 3.8) is 0 Å². The van der Waals surface area contributed by atoms with E-state index in [1.165, 1.54) is 0 Å². The molecule has 134 valence electrons. The van der Waals surface area contributed by atoms with Gasteiger partial charge >= 0.3 is 5.97 Å². The molecule has 1 aliphatic rings. The van der Waals surface area contributed by atoms with Gasteiger partial charge in [-0.25, -0.2) is 0 Å². The minimum Gasteiger partial charge on any atom is -0.459 e. The van der Waals surface area contributed by atoms with Gasteiger partial charge in [0.15, 0.2) is 0 Å². The number of morpholine rings is 1. The van der Waals surface area contributed by atoms with Crippen LogP contribution in [0.3, 0.4) is 0 Å². The summed E-state index contributed by atoms with van der Waals surface area (Å²) < 4.78 is 16.8. The molecule has 1 heterocycles. The number of carbonyl (C=O) groups excluding carboxylic acids is 1. The number of carbonyl (C=O) groups is 1. The third-order valence-electron chi connectivity index (χ3n) is 4.01. The van der Waals surface area contributed by atoms with Crippen LogP contribution in [0.4, 0.5) is 0 Å². The van der Waals surface area contributed by atoms with Gasteiger partial charge in [-0.05, 0) is 12.0 Å². The van der Waals surface area contributed by atoms with E-state index in [0.717, 1.165) is 44.7 Å². The van der Waals surface area contributed by atoms with Crippen LogP contribution in [0, 0.1) is 0 Å². The van der Waals surface area contributed by atoms with Gasteiger partial charge in [-0.2, -0.15) is 0 Å². The molecule has 0 N–H and O–H groups in total. The summed E-state index contributed by atoms with van der Waals surface area (Å²) in [5.41, 5.74) is 1.12. The fourth-order valence-electron chi connectivity index (χ4n) is 2.64. The van der Waals surface area contributed by atoms with Gasteiger partial charge in [-0.1, -0.05) is 43.7 Å². The van der Waals surface area contributed by atoms with Crippen LogP contribution in [-0.4, -0.2) is 56.4 Å². The van der Waals surface area contributed by atoms with Crippen molar-refractivity contribution in [2.45, 2.75) is 38.9 Å². The average molecular weight is 335 g/mol. The molecule has 1 saturated heterocycles. The summed E-state index contributed by atoms with van der Waals surface area (Å²) in [6.07, 6.45) is 2.12. The molecule has 1 aromatic carbocycles. The molecule has 0 saturated carbocycles. The van der Waals surface area contributed by atoms with Crippen LogP contribution in [-0.2, 0) is 25.6 Å². The maximum absolute atomic E-state index is 12.0. The Hall–Kier alpha value is -1.43. The van der Waals surface area contributed by atoms with Crippen molar-refractivity contribution in [3.8, 4) is 0 Å². The highest BCUT2D eigenvalue weighted by Crippen LogP contribution is 2.08. The van der Waals surface area contributed by atoms with Crippen LogP contribution in [0.25, 0.3) is 0 Å². The lowest BCUT2D eigenvalue weighted by molar-refractivity contribution is -0.154. The monoisotopic (exact) mass is 335 g/mol. The molecule has 1 atom stereocenters. The highest BCUT2D eigenvalue weighted by atomic mass is 16.6. The fraction of sp³-hybridized carbons (Fsp3) is 0.632. The smallest absolute Gasteiger partial charge is 0.306 e. The Kier molecular flexibility index (Phi) is 8.81. The van der Waals surface area contributed by atoms with Crippen LogP contribution in [0.2, 0.25) is 0 Å². The van der Waals surface area contributed by atoms with Gasteiger partial charge in [0.2, 0.25) is 0 Å². The topological polar surface area (TPSA) is 48.0 Å². The number of hydrogen-bond donors (Lipinski definition) is 0. The van der Waals surface area contributed by atoms with Gasteiger partial charge in [0, 0.05) is 26.1 Å². The van der Waals surface area contributed by atoms with Crippen molar-refractivity contribution in [1.82, 2.24) is 4.90 Å². The minimum absolute atomic E-state index is 0.126. The lowest BCUT2D eigenvalue weighted by Gasteiger charge is -2.30. The predicted octanol–water partition coefficient (Wildman–Crippen LogP) is 2.64. The Balaban J connectivity index is 1.80. The molecular weight excluding hydrogens is 306 g/mol. The van der Waals surface area contributed by atoms with E-state index in [1.807, 2.05) is 30.3 Å². The summed E-state index contributed by atoms with van der Waals surface area (Å²) in [6, 6.07) is 10.0. The van der Waals surface area contributed by atoms with Crippen LogP contribution < -0.4 is 0 Å². The first-order chi connectivity index (χ1) is 11.8. The van der Waals surface area contributed by atoms with Crippen molar-refractivity contribution in [3.05, 3.63) is 35.9 Å². The second-order valence-corrected chi connectivity index (χ2v) is 6.13. The first kappa shape index (κ1) is 18.9. The van der Waals surface area contributed by atoms with E-state index in [0.29, 0.717) is 26.2 Å². The summed E-state index contributed by atoms with van der Waals surface area (Å²) in [4.78, 5) is 14.2. The zero-order valence-corrected chi connectivity index (χ0v) is 14.6. The molecule has 5 nitrogen and oxygen atoms in total. The molecule has 0 amide bonds.